The van der Waals surface area contributed by atoms with Gasteiger partial charge < -0.3 is 30.1 Å². The average Bonchev–Trinajstić information content (AvgIpc) is 3.67. The summed E-state index contributed by atoms with van der Waals surface area (Å²) < 4.78 is 10.5. The van der Waals surface area contributed by atoms with Crippen molar-refractivity contribution in [3.8, 4) is 5.75 Å². The second-order valence-electron chi connectivity index (χ2n) is 10.3. The van der Waals surface area contributed by atoms with Gasteiger partial charge in [-0.25, -0.2) is 4.79 Å². The Labute approximate surface area is 218 Å². The Morgan fingerprint density at radius 1 is 1.05 bits per heavy atom. The zero-order chi connectivity index (χ0) is 27.3. The Bertz CT molecular complexity index is 1120. The topological polar surface area (TPSA) is 117 Å². The van der Waals surface area contributed by atoms with Crippen LogP contribution in [0.3, 0.4) is 0 Å². The van der Waals surface area contributed by atoms with Crippen molar-refractivity contribution >= 4 is 23.6 Å². The molecule has 1 fully saturated rings. The first-order chi connectivity index (χ1) is 17.4. The summed E-state index contributed by atoms with van der Waals surface area (Å²) in [6.07, 6.45) is 0.613. The lowest BCUT2D eigenvalue weighted by Crippen LogP contribution is -2.54. The standard InChI is InChI=1S/C28H37N3O6/c1-17-7-8-19(15-18(17)2)24(25(33)29-20-9-13-22(36-6)14-10-20)31(21-11-12-21)26(34)23(16-32)30-27(35)37-28(3,4)5/h7-10,13-15,21,23-24,32H,11-12,16H2,1-6H3,(H,29,33)(H,30,35). The zero-order valence-electron chi connectivity index (χ0n) is 22.3. The molecule has 2 aromatic carbocycles. The minimum atomic E-state index is -1.27. The van der Waals surface area contributed by atoms with Crippen LogP contribution >= 0.6 is 0 Å². The number of benzene rings is 2. The molecule has 2 atom stereocenters. The van der Waals surface area contributed by atoms with Gasteiger partial charge >= 0.3 is 6.09 Å². The third-order valence-corrected chi connectivity index (χ3v) is 6.10. The van der Waals surface area contributed by atoms with Crippen LogP contribution in [-0.2, 0) is 14.3 Å². The van der Waals surface area contributed by atoms with E-state index in [2.05, 4.69) is 10.6 Å². The number of amides is 3. The van der Waals surface area contributed by atoms with Crippen LogP contribution in [0.4, 0.5) is 10.5 Å². The minimum Gasteiger partial charge on any atom is -0.497 e. The fraction of sp³-hybridized carbons (Fsp3) is 0.464. The van der Waals surface area contributed by atoms with Gasteiger partial charge in [-0.05, 0) is 88.4 Å². The second kappa shape index (κ2) is 11.6. The Morgan fingerprint density at radius 3 is 2.22 bits per heavy atom. The van der Waals surface area contributed by atoms with Crippen molar-refractivity contribution in [3.63, 3.8) is 0 Å². The summed E-state index contributed by atoms with van der Waals surface area (Å²) in [4.78, 5) is 41.4. The number of hydrogen-bond acceptors (Lipinski definition) is 6. The highest BCUT2D eigenvalue weighted by atomic mass is 16.6. The van der Waals surface area contributed by atoms with Crippen LogP contribution in [0.1, 0.15) is 56.3 Å². The fourth-order valence-corrected chi connectivity index (χ4v) is 3.94. The van der Waals surface area contributed by atoms with Gasteiger partial charge in [-0.3, -0.25) is 9.59 Å². The zero-order valence-corrected chi connectivity index (χ0v) is 22.3. The quantitative estimate of drug-likeness (QED) is 0.471. The smallest absolute Gasteiger partial charge is 0.408 e. The third-order valence-electron chi connectivity index (χ3n) is 6.10. The first kappa shape index (κ1) is 28.0. The Kier molecular flexibility index (Phi) is 8.81. The van der Waals surface area contributed by atoms with Gasteiger partial charge in [-0.15, -0.1) is 0 Å². The van der Waals surface area contributed by atoms with Crippen molar-refractivity contribution in [2.45, 2.75) is 71.2 Å². The van der Waals surface area contributed by atoms with Crippen LogP contribution in [0.15, 0.2) is 42.5 Å². The number of carbonyl (C=O) groups is 3. The molecule has 2 aromatic rings. The minimum absolute atomic E-state index is 0.199. The Balaban J connectivity index is 1.95. The predicted molar refractivity (Wildman–Crippen MR) is 140 cm³/mol. The molecule has 3 N–H and O–H groups in total. The molecule has 2 unspecified atom stereocenters. The molecule has 1 saturated carbocycles. The molecule has 1 aliphatic carbocycles. The third kappa shape index (κ3) is 7.45. The number of aliphatic hydroxyl groups excluding tert-OH is 1. The van der Waals surface area contributed by atoms with E-state index in [0.29, 0.717) is 29.8 Å². The van der Waals surface area contributed by atoms with Gasteiger partial charge in [-0.2, -0.15) is 0 Å². The number of methoxy groups -OCH3 is 1. The lowest BCUT2D eigenvalue weighted by molar-refractivity contribution is -0.142. The van der Waals surface area contributed by atoms with Crippen molar-refractivity contribution in [1.29, 1.82) is 0 Å². The van der Waals surface area contributed by atoms with Crippen LogP contribution in [0.25, 0.3) is 0 Å². The molecule has 0 saturated heterocycles. The Hall–Kier alpha value is -3.59. The van der Waals surface area contributed by atoms with E-state index in [1.54, 1.807) is 52.1 Å². The number of aliphatic hydroxyl groups is 1. The lowest BCUT2D eigenvalue weighted by atomic mass is 9.98. The van der Waals surface area contributed by atoms with Gasteiger partial charge in [0.15, 0.2) is 0 Å². The van der Waals surface area contributed by atoms with E-state index in [1.807, 2.05) is 32.0 Å². The molecule has 9 heteroatoms. The molecule has 0 radical (unpaired) electrons. The first-order valence-electron chi connectivity index (χ1n) is 12.4. The fourth-order valence-electron chi connectivity index (χ4n) is 3.94. The van der Waals surface area contributed by atoms with E-state index in [4.69, 9.17) is 9.47 Å². The number of nitrogens with zero attached hydrogens (tertiary/aromatic N) is 1. The first-order valence-corrected chi connectivity index (χ1v) is 12.4. The van der Waals surface area contributed by atoms with Crippen molar-refractivity contribution in [2.24, 2.45) is 0 Å². The van der Waals surface area contributed by atoms with Crippen LogP contribution in [0.5, 0.6) is 5.75 Å². The number of alkyl carbamates (subject to hydrolysis) is 1. The van der Waals surface area contributed by atoms with E-state index in [9.17, 15) is 19.5 Å². The molecular weight excluding hydrogens is 474 g/mol. The number of hydrogen-bond donors (Lipinski definition) is 3. The molecule has 200 valence electrons. The molecule has 0 aliphatic heterocycles. The summed E-state index contributed by atoms with van der Waals surface area (Å²) in [5.41, 5.74) is 2.45. The number of aryl methyl sites for hydroxylation is 2. The van der Waals surface area contributed by atoms with Crippen molar-refractivity contribution in [1.82, 2.24) is 10.2 Å². The SMILES string of the molecule is COc1ccc(NC(=O)C(c2ccc(C)c(C)c2)N(C(=O)C(CO)NC(=O)OC(C)(C)C)C2CC2)cc1. The monoisotopic (exact) mass is 511 g/mol. The molecular formula is C28H37N3O6. The van der Waals surface area contributed by atoms with Crippen LogP contribution in [0, 0.1) is 13.8 Å². The van der Waals surface area contributed by atoms with E-state index in [0.717, 1.165) is 11.1 Å². The highest BCUT2D eigenvalue weighted by molar-refractivity contribution is 5.99. The van der Waals surface area contributed by atoms with E-state index < -0.39 is 42.2 Å². The van der Waals surface area contributed by atoms with E-state index in [1.165, 1.54) is 4.90 Å². The van der Waals surface area contributed by atoms with E-state index >= 15 is 0 Å². The summed E-state index contributed by atoms with van der Waals surface area (Å²) in [5.74, 6) is -0.302. The van der Waals surface area contributed by atoms with E-state index in [-0.39, 0.29) is 6.04 Å². The number of carbonyl (C=O) groups excluding carboxylic acids is 3. The van der Waals surface area contributed by atoms with Gasteiger partial charge in [-0.1, -0.05) is 18.2 Å². The molecule has 0 spiro atoms. The lowest BCUT2D eigenvalue weighted by Gasteiger charge is -2.34. The summed E-state index contributed by atoms with van der Waals surface area (Å²) >= 11 is 0. The molecule has 1 aliphatic rings. The maximum Gasteiger partial charge on any atom is 0.408 e. The molecule has 3 rings (SSSR count). The van der Waals surface area contributed by atoms with Crippen LogP contribution in [0.2, 0.25) is 0 Å². The van der Waals surface area contributed by atoms with Crippen LogP contribution in [-0.4, -0.2) is 59.3 Å². The van der Waals surface area contributed by atoms with Gasteiger partial charge in [0.1, 0.15) is 23.4 Å². The van der Waals surface area contributed by atoms with Gasteiger partial charge in [0.2, 0.25) is 5.91 Å². The largest absolute Gasteiger partial charge is 0.497 e. The Morgan fingerprint density at radius 2 is 1.70 bits per heavy atom. The van der Waals surface area contributed by atoms with Gasteiger partial charge in [0, 0.05) is 11.7 Å². The van der Waals surface area contributed by atoms with Gasteiger partial charge in [0.25, 0.3) is 5.91 Å². The van der Waals surface area contributed by atoms with Crippen molar-refractivity contribution in [2.75, 3.05) is 19.0 Å². The maximum atomic E-state index is 13.8. The number of nitrogens with one attached hydrogen (secondary N) is 2. The highest BCUT2D eigenvalue weighted by Crippen LogP contribution is 2.36. The second-order valence-corrected chi connectivity index (χ2v) is 10.3. The number of ether oxygens (including phenoxy) is 2. The summed E-state index contributed by atoms with van der Waals surface area (Å²) in [5, 5.41) is 15.4. The van der Waals surface area contributed by atoms with Crippen LogP contribution < -0.4 is 15.4 Å². The van der Waals surface area contributed by atoms with Gasteiger partial charge in [0.05, 0.1) is 13.7 Å². The predicted octanol–water partition coefficient (Wildman–Crippen LogP) is 3.87. The highest BCUT2D eigenvalue weighted by Gasteiger charge is 2.44. The molecule has 0 aromatic heterocycles. The summed E-state index contributed by atoms with van der Waals surface area (Å²) in [6.45, 7) is 8.40. The summed E-state index contributed by atoms with van der Waals surface area (Å²) in [7, 11) is 1.56. The molecule has 0 heterocycles. The summed E-state index contributed by atoms with van der Waals surface area (Å²) in [6, 6.07) is 10.1. The number of rotatable bonds is 9. The molecule has 3 amide bonds. The molecule has 9 nitrogen and oxygen atoms in total. The average molecular weight is 512 g/mol. The molecule has 37 heavy (non-hydrogen) atoms. The van der Waals surface area contributed by atoms with Crippen molar-refractivity contribution < 1.29 is 29.0 Å². The maximum absolute atomic E-state index is 13.8. The number of anilines is 1. The van der Waals surface area contributed by atoms with Crippen molar-refractivity contribution in [3.05, 3.63) is 59.2 Å². The molecule has 0 bridgehead atoms. The normalized spacial score (nSPS) is 14.8.